The Labute approximate surface area is 132 Å². The Bertz CT molecular complexity index is 808. The van der Waals surface area contributed by atoms with Crippen molar-refractivity contribution in [3.8, 4) is 5.75 Å². The molecule has 0 aliphatic heterocycles. The van der Waals surface area contributed by atoms with Crippen LogP contribution in [0.2, 0.25) is 5.02 Å². The second-order valence-corrected chi connectivity index (χ2v) is 5.29. The molecule has 0 spiro atoms. The molecule has 1 aromatic heterocycles. The van der Waals surface area contributed by atoms with Crippen LogP contribution in [0.25, 0.3) is 11.0 Å². The molecular formula is C17H14ClNO3. The van der Waals surface area contributed by atoms with E-state index >= 15 is 0 Å². The summed E-state index contributed by atoms with van der Waals surface area (Å²) in [7, 11) is 1.60. The van der Waals surface area contributed by atoms with E-state index in [1.165, 1.54) is 0 Å². The minimum Gasteiger partial charge on any atom is -0.497 e. The number of nitrogens with one attached hydrogen (secondary N) is 1. The molecule has 1 heterocycles. The molecule has 3 aromatic rings. The molecule has 0 radical (unpaired) electrons. The quantitative estimate of drug-likeness (QED) is 0.782. The van der Waals surface area contributed by atoms with Crippen molar-refractivity contribution in [1.29, 1.82) is 0 Å². The molecule has 0 fully saturated rings. The third-order valence-electron chi connectivity index (χ3n) is 3.34. The molecule has 112 valence electrons. The van der Waals surface area contributed by atoms with Crippen LogP contribution in [0.5, 0.6) is 5.75 Å². The first-order valence-electron chi connectivity index (χ1n) is 6.75. The van der Waals surface area contributed by atoms with Crippen LogP contribution in [0.4, 0.5) is 5.69 Å². The topological polar surface area (TPSA) is 51.5 Å². The van der Waals surface area contributed by atoms with Crippen molar-refractivity contribution in [2.75, 3.05) is 12.4 Å². The maximum atomic E-state index is 12.1. The van der Waals surface area contributed by atoms with E-state index in [2.05, 4.69) is 5.32 Å². The van der Waals surface area contributed by atoms with Crippen molar-refractivity contribution < 1.29 is 13.9 Å². The second-order valence-electron chi connectivity index (χ2n) is 4.85. The lowest BCUT2D eigenvalue weighted by molar-refractivity contribution is -0.115. The molecule has 4 nitrogen and oxygen atoms in total. The number of benzene rings is 2. The number of anilines is 1. The third kappa shape index (κ3) is 3.07. The van der Waals surface area contributed by atoms with Gasteiger partial charge in [-0.15, -0.1) is 0 Å². The molecule has 0 unspecified atom stereocenters. The molecule has 1 N–H and O–H groups in total. The van der Waals surface area contributed by atoms with Crippen molar-refractivity contribution in [1.82, 2.24) is 0 Å². The summed E-state index contributed by atoms with van der Waals surface area (Å²) in [5.41, 5.74) is 2.25. The molecule has 0 saturated carbocycles. The highest BCUT2D eigenvalue weighted by atomic mass is 35.5. The van der Waals surface area contributed by atoms with Gasteiger partial charge in [0, 0.05) is 27.7 Å². The van der Waals surface area contributed by atoms with Crippen molar-refractivity contribution in [2.45, 2.75) is 6.42 Å². The highest BCUT2D eigenvalue weighted by Crippen LogP contribution is 2.26. The van der Waals surface area contributed by atoms with E-state index in [9.17, 15) is 4.79 Å². The highest BCUT2D eigenvalue weighted by Gasteiger charge is 2.11. The highest BCUT2D eigenvalue weighted by molar-refractivity contribution is 6.30. The van der Waals surface area contributed by atoms with Crippen molar-refractivity contribution in [3.63, 3.8) is 0 Å². The average molecular weight is 316 g/mol. The Morgan fingerprint density at radius 2 is 2.00 bits per heavy atom. The number of fused-ring (bicyclic) bond motifs is 1. The van der Waals surface area contributed by atoms with Gasteiger partial charge in [-0.1, -0.05) is 11.6 Å². The fraction of sp³-hybridized carbons (Fsp3) is 0.118. The van der Waals surface area contributed by atoms with Gasteiger partial charge in [0.15, 0.2) is 0 Å². The largest absolute Gasteiger partial charge is 0.497 e. The molecule has 22 heavy (non-hydrogen) atoms. The van der Waals surface area contributed by atoms with E-state index in [-0.39, 0.29) is 12.3 Å². The number of ether oxygens (including phenoxy) is 1. The van der Waals surface area contributed by atoms with Gasteiger partial charge in [-0.25, -0.2) is 0 Å². The van der Waals surface area contributed by atoms with E-state index in [0.29, 0.717) is 16.3 Å². The summed E-state index contributed by atoms with van der Waals surface area (Å²) in [4.78, 5) is 12.1. The van der Waals surface area contributed by atoms with Crippen LogP contribution in [0.15, 0.2) is 53.1 Å². The van der Waals surface area contributed by atoms with E-state index in [0.717, 1.165) is 16.7 Å². The smallest absolute Gasteiger partial charge is 0.228 e. The summed E-state index contributed by atoms with van der Waals surface area (Å²) < 4.78 is 10.6. The van der Waals surface area contributed by atoms with Gasteiger partial charge in [0.25, 0.3) is 0 Å². The minimum atomic E-state index is -0.110. The molecule has 0 aliphatic rings. The zero-order valence-corrected chi connectivity index (χ0v) is 12.7. The molecule has 2 aromatic carbocycles. The maximum absolute atomic E-state index is 12.1. The Morgan fingerprint density at radius 1 is 1.23 bits per heavy atom. The van der Waals surface area contributed by atoms with Gasteiger partial charge < -0.3 is 14.5 Å². The zero-order chi connectivity index (χ0) is 15.5. The monoisotopic (exact) mass is 315 g/mol. The van der Waals surface area contributed by atoms with Crippen LogP contribution in [-0.4, -0.2) is 13.0 Å². The maximum Gasteiger partial charge on any atom is 0.228 e. The van der Waals surface area contributed by atoms with Crippen LogP contribution < -0.4 is 10.1 Å². The first kappa shape index (κ1) is 14.5. The second kappa shape index (κ2) is 6.12. The summed E-state index contributed by atoms with van der Waals surface area (Å²) in [6.45, 7) is 0. The number of hydrogen-bond donors (Lipinski definition) is 1. The van der Waals surface area contributed by atoms with Crippen molar-refractivity contribution in [3.05, 3.63) is 59.3 Å². The standard InChI is InChI=1S/C17H14ClNO3/c1-21-14-6-7-15-11(10-22-16(15)9-14)8-17(20)19-13-4-2-12(18)3-5-13/h2-7,9-10H,8H2,1H3,(H,19,20). The molecule has 0 bridgehead atoms. The van der Waals surface area contributed by atoms with E-state index in [1.54, 1.807) is 43.7 Å². The lowest BCUT2D eigenvalue weighted by atomic mass is 10.1. The molecule has 5 heteroatoms. The van der Waals surface area contributed by atoms with Gasteiger partial charge in [-0.3, -0.25) is 4.79 Å². The molecule has 1 amide bonds. The number of hydrogen-bond acceptors (Lipinski definition) is 3. The summed E-state index contributed by atoms with van der Waals surface area (Å²) in [6.07, 6.45) is 1.84. The first-order valence-corrected chi connectivity index (χ1v) is 7.13. The Hall–Kier alpha value is -2.46. The Balaban J connectivity index is 1.75. The van der Waals surface area contributed by atoms with Gasteiger partial charge >= 0.3 is 0 Å². The van der Waals surface area contributed by atoms with Crippen molar-refractivity contribution >= 4 is 34.2 Å². The third-order valence-corrected chi connectivity index (χ3v) is 3.59. The molecule has 3 rings (SSSR count). The van der Waals surface area contributed by atoms with Crippen LogP contribution in [-0.2, 0) is 11.2 Å². The number of halogens is 1. The van der Waals surface area contributed by atoms with Crippen LogP contribution in [0.3, 0.4) is 0 Å². The van der Waals surface area contributed by atoms with Crippen LogP contribution in [0, 0.1) is 0 Å². The molecule has 0 atom stereocenters. The van der Waals surface area contributed by atoms with E-state index in [4.69, 9.17) is 20.8 Å². The fourth-order valence-corrected chi connectivity index (χ4v) is 2.36. The number of carbonyl (C=O) groups excluding carboxylic acids is 1. The predicted octanol–water partition coefficient (Wildman–Crippen LogP) is 4.28. The number of amides is 1. The van der Waals surface area contributed by atoms with Crippen LogP contribution in [0.1, 0.15) is 5.56 Å². The predicted molar refractivity (Wildman–Crippen MR) is 86.6 cm³/mol. The number of furan rings is 1. The molecular weight excluding hydrogens is 302 g/mol. The van der Waals surface area contributed by atoms with E-state index < -0.39 is 0 Å². The molecule has 0 aliphatic carbocycles. The summed E-state index contributed by atoms with van der Waals surface area (Å²) >= 11 is 5.82. The zero-order valence-electron chi connectivity index (χ0n) is 11.9. The van der Waals surface area contributed by atoms with Gasteiger partial charge in [-0.2, -0.15) is 0 Å². The van der Waals surface area contributed by atoms with E-state index in [1.807, 2.05) is 12.1 Å². The van der Waals surface area contributed by atoms with Gasteiger partial charge in [0.2, 0.25) is 5.91 Å². The Morgan fingerprint density at radius 3 is 2.73 bits per heavy atom. The average Bonchev–Trinajstić information content (AvgIpc) is 2.91. The van der Waals surface area contributed by atoms with Gasteiger partial charge in [0.1, 0.15) is 11.3 Å². The minimum absolute atomic E-state index is 0.110. The first-order chi connectivity index (χ1) is 10.7. The summed E-state index contributed by atoms with van der Waals surface area (Å²) in [5.74, 6) is 0.611. The van der Waals surface area contributed by atoms with Crippen molar-refractivity contribution in [2.24, 2.45) is 0 Å². The SMILES string of the molecule is COc1ccc2c(CC(=O)Nc3ccc(Cl)cc3)coc2c1. The normalized spacial score (nSPS) is 10.6. The summed E-state index contributed by atoms with van der Waals surface area (Å²) in [6, 6.07) is 12.5. The fourth-order valence-electron chi connectivity index (χ4n) is 2.24. The summed E-state index contributed by atoms with van der Waals surface area (Å²) in [5, 5.41) is 4.37. The number of carbonyl (C=O) groups is 1. The molecule has 0 saturated heterocycles. The van der Waals surface area contributed by atoms with Crippen LogP contribution >= 0.6 is 11.6 Å². The number of rotatable bonds is 4. The Kier molecular flexibility index (Phi) is 4.02. The van der Waals surface area contributed by atoms with Gasteiger partial charge in [-0.05, 0) is 36.4 Å². The number of methoxy groups -OCH3 is 1. The lowest BCUT2D eigenvalue weighted by Crippen LogP contribution is -2.14. The van der Waals surface area contributed by atoms with Gasteiger partial charge in [0.05, 0.1) is 19.8 Å². The lowest BCUT2D eigenvalue weighted by Gasteiger charge is -2.04.